The van der Waals surface area contributed by atoms with E-state index in [9.17, 15) is 8.42 Å². The number of nitrogens with zero attached hydrogens (tertiary/aromatic N) is 2. The average Bonchev–Trinajstić information content (AvgIpc) is 2.54. The molecule has 0 saturated carbocycles. The van der Waals surface area contributed by atoms with E-state index in [1.807, 2.05) is 32.8 Å². The number of hydrogen-bond donors (Lipinski definition) is 2. The van der Waals surface area contributed by atoms with Crippen LogP contribution in [0.2, 0.25) is 0 Å². The topological polar surface area (TPSA) is 88.3 Å². The van der Waals surface area contributed by atoms with Crippen LogP contribution in [0.25, 0.3) is 0 Å². The third kappa shape index (κ3) is 4.72. The zero-order valence-electron chi connectivity index (χ0n) is 12.0. The summed E-state index contributed by atoms with van der Waals surface area (Å²) in [5.41, 5.74) is 5.83. The van der Waals surface area contributed by atoms with Crippen molar-refractivity contribution in [3.8, 4) is 0 Å². The van der Waals surface area contributed by atoms with Crippen LogP contribution in [0.15, 0.2) is 4.21 Å². The largest absolute Gasteiger partial charge is 0.375 e. The summed E-state index contributed by atoms with van der Waals surface area (Å²) in [6, 6.07) is 0. The smallest absolute Gasteiger partial charge is 0.252 e. The van der Waals surface area contributed by atoms with Crippen LogP contribution in [0.3, 0.4) is 0 Å². The van der Waals surface area contributed by atoms with Crippen LogP contribution in [-0.4, -0.2) is 45.5 Å². The SMILES string of the molecule is Cc1nc(N)sc1S(=O)(=O)NCC(C)(C)CN(C)C. The highest BCUT2D eigenvalue weighted by molar-refractivity contribution is 7.91. The van der Waals surface area contributed by atoms with Crippen LogP contribution in [0.4, 0.5) is 5.13 Å². The molecule has 6 nitrogen and oxygen atoms in total. The van der Waals surface area contributed by atoms with Gasteiger partial charge in [0.2, 0.25) is 0 Å². The van der Waals surface area contributed by atoms with E-state index in [4.69, 9.17) is 5.73 Å². The lowest BCUT2D eigenvalue weighted by Crippen LogP contribution is -2.39. The summed E-state index contributed by atoms with van der Waals surface area (Å²) in [6.07, 6.45) is 0. The van der Waals surface area contributed by atoms with E-state index >= 15 is 0 Å². The van der Waals surface area contributed by atoms with Crippen molar-refractivity contribution in [2.75, 3.05) is 32.9 Å². The number of hydrogen-bond acceptors (Lipinski definition) is 6. The molecule has 1 heterocycles. The summed E-state index contributed by atoms with van der Waals surface area (Å²) in [4.78, 5) is 5.97. The minimum atomic E-state index is -3.53. The first-order chi connectivity index (χ1) is 8.53. The fourth-order valence-corrected chi connectivity index (χ4v) is 4.50. The summed E-state index contributed by atoms with van der Waals surface area (Å²) >= 11 is 0.992. The van der Waals surface area contributed by atoms with E-state index in [2.05, 4.69) is 9.71 Å². The van der Waals surface area contributed by atoms with Crippen molar-refractivity contribution >= 4 is 26.5 Å². The Hall–Kier alpha value is -0.700. The molecule has 0 unspecified atom stereocenters. The third-order valence-corrected chi connectivity index (χ3v) is 5.50. The molecule has 0 atom stereocenters. The van der Waals surface area contributed by atoms with E-state index in [0.29, 0.717) is 12.2 Å². The Balaban J connectivity index is 2.79. The average molecular weight is 306 g/mol. The fraction of sp³-hybridized carbons (Fsp3) is 0.727. The Labute approximate surface area is 119 Å². The van der Waals surface area contributed by atoms with Crippen LogP contribution >= 0.6 is 11.3 Å². The van der Waals surface area contributed by atoms with Gasteiger partial charge in [0.15, 0.2) is 9.34 Å². The van der Waals surface area contributed by atoms with Gasteiger partial charge < -0.3 is 10.6 Å². The van der Waals surface area contributed by atoms with Gasteiger partial charge in [-0.05, 0) is 26.4 Å². The highest BCUT2D eigenvalue weighted by atomic mass is 32.2. The molecule has 0 aliphatic carbocycles. The van der Waals surface area contributed by atoms with E-state index in [1.165, 1.54) is 0 Å². The number of nitrogen functional groups attached to an aromatic ring is 1. The molecule has 0 aromatic carbocycles. The van der Waals surface area contributed by atoms with Gasteiger partial charge >= 0.3 is 0 Å². The summed E-state index contributed by atoms with van der Waals surface area (Å²) in [5.74, 6) is 0. The molecule has 0 bridgehead atoms. The van der Waals surface area contributed by atoms with Gasteiger partial charge in [-0.1, -0.05) is 25.2 Å². The number of nitrogens with two attached hydrogens (primary N) is 1. The molecule has 0 radical (unpaired) electrons. The second-order valence-corrected chi connectivity index (χ2v) is 8.64. The standard InChI is InChI=1S/C11H22N4O2S2/c1-8-9(18-10(12)14-8)19(16,17)13-6-11(2,3)7-15(4)5/h13H,6-7H2,1-5H3,(H2,12,14). The Morgan fingerprint density at radius 1 is 1.42 bits per heavy atom. The number of rotatable bonds is 6. The van der Waals surface area contributed by atoms with Gasteiger partial charge in [-0.2, -0.15) is 0 Å². The minimum Gasteiger partial charge on any atom is -0.375 e. The number of sulfonamides is 1. The maximum atomic E-state index is 12.2. The first-order valence-electron chi connectivity index (χ1n) is 5.91. The predicted octanol–water partition coefficient (Wildman–Crippen LogP) is 0.900. The number of nitrogens with one attached hydrogen (secondary N) is 1. The molecule has 3 N–H and O–H groups in total. The zero-order chi connectivity index (χ0) is 14.8. The first kappa shape index (κ1) is 16.4. The van der Waals surface area contributed by atoms with Gasteiger partial charge in [-0.25, -0.2) is 18.1 Å². The lowest BCUT2D eigenvalue weighted by atomic mass is 9.93. The molecule has 1 aromatic rings. The number of aryl methyl sites for hydroxylation is 1. The second kappa shape index (κ2) is 5.74. The van der Waals surface area contributed by atoms with Crippen molar-refractivity contribution in [3.05, 3.63) is 5.69 Å². The fourth-order valence-electron chi connectivity index (χ4n) is 1.92. The summed E-state index contributed by atoms with van der Waals surface area (Å²) in [7, 11) is 0.394. The quantitative estimate of drug-likeness (QED) is 0.815. The maximum absolute atomic E-state index is 12.2. The molecule has 110 valence electrons. The molecule has 0 aliphatic rings. The van der Waals surface area contributed by atoms with E-state index < -0.39 is 10.0 Å². The van der Waals surface area contributed by atoms with Crippen LogP contribution in [0.1, 0.15) is 19.5 Å². The molecular weight excluding hydrogens is 284 g/mol. The Kier molecular flexibility index (Phi) is 4.94. The van der Waals surface area contributed by atoms with Gasteiger partial charge in [-0.3, -0.25) is 0 Å². The molecule has 1 aromatic heterocycles. The number of thiazole rings is 1. The highest BCUT2D eigenvalue weighted by Gasteiger charge is 2.25. The summed E-state index contributed by atoms with van der Waals surface area (Å²) in [6.45, 7) is 6.84. The van der Waals surface area contributed by atoms with Gasteiger partial charge in [0.05, 0.1) is 5.69 Å². The molecule has 0 fully saturated rings. The van der Waals surface area contributed by atoms with Crippen LogP contribution in [0.5, 0.6) is 0 Å². The van der Waals surface area contributed by atoms with E-state index in [1.54, 1.807) is 6.92 Å². The molecule has 1 rings (SSSR count). The third-order valence-electron chi connectivity index (χ3n) is 2.50. The van der Waals surface area contributed by atoms with Crippen molar-refractivity contribution in [3.63, 3.8) is 0 Å². The Morgan fingerprint density at radius 2 is 2.00 bits per heavy atom. The minimum absolute atomic E-state index is 0.152. The van der Waals surface area contributed by atoms with Crippen molar-refractivity contribution < 1.29 is 8.42 Å². The summed E-state index contributed by atoms with van der Waals surface area (Å²) in [5, 5.41) is 0.269. The molecule has 8 heteroatoms. The predicted molar refractivity (Wildman–Crippen MR) is 78.8 cm³/mol. The van der Waals surface area contributed by atoms with Crippen LogP contribution in [-0.2, 0) is 10.0 Å². The van der Waals surface area contributed by atoms with Crippen molar-refractivity contribution in [1.82, 2.24) is 14.6 Å². The van der Waals surface area contributed by atoms with Gasteiger partial charge in [-0.15, -0.1) is 0 Å². The van der Waals surface area contributed by atoms with E-state index in [0.717, 1.165) is 17.9 Å². The van der Waals surface area contributed by atoms with Crippen molar-refractivity contribution in [1.29, 1.82) is 0 Å². The zero-order valence-corrected chi connectivity index (χ0v) is 13.7. The molecule has 0 spiro atoms. The van der Waals surface area contributed by atoms with Gasteiger partial charge in [0.1, 0.15) is 0 Å². The molecule has 0 saturated heterocycles. The summed E-state index contributed by atoms with van der Waals surface area (Å²) < 4.78 is 27.2. The molecule has 19 heavy (non-hydrogen) atoms. The second-order valence-electron chi connectivity index (χ2n) is 5.65. The van der Waals surface area contributed by atoms with Crippen LogP contribution < -0.4 is 10.5 Å². The first-order valence-corrected chi connectivity index (χ1v) is 8.21. The number of aromatic nitrogens is 1. The van der Waals surface area contributed by atoms with Crippen LogP contribution in [0, 0.1) is 12.3 Å². The highest BCUT2D eigenvalue weighted by Crippen LogP contribution is 2.25. The number of anilines is 1. The Bertz CT molecular complexity index is 535. The van der Waals surface area contributed by atoms with Gasteiger partial charge in [0.25, 0.3) is 10.0 Å². The van der Waals surface area contributed by atoms with Crippen molar-refractivity contribution in [2.24, 2.45) is 5.41 Å². The Morgan fingerprint density at radius 3 is 2.42 bits per heavy atom. The lowest BCUT2D eigenvalue weighted by Gasteiger charge is -2.28. The molecule has 0 amide bonds. The molecular formula is C11H22N4O2S2. The van der Waals surface area contributed by atoms with Crippen molar-refractivity contribution in [2.45, 2.75) is 25.0 Å². The maximum Gasteiger partial charge on any atom is 0.252 e. The molecule has 0 aliphatic heterocycles. The normalized spacial score (nSPS) is 13.2. The van der Waals surface area contributed by atoms with E-state index in [-0.39, 0.29) is 14.8 Å². The lowest BCUT2D eigenvalue weighted by molar-refractivity contribution is 0.242. The monoisotopic (exact) mass is 306 g/mol. The van der Waals surface area contributed by atoms with Gasteiger partial charge in [0, 0.05) is 13.1 Å².